The van der Waals surface area contributed by atoms with E-state index in [9.17, 15) is 0 Å². The molecule has 70 valence electrons. The summed E-state index contributed by atoms with van der Waals surface area (Å²) in [6, 6.07) is 5.71. The fraction of sp³-hybridized carbons (Fsp3) is 0.200. The van der Waals surface area contributed by atoms with Crippen molar-refractivity contribution in [3.05, 3.63) is 39.8 Å². The summed E-state index contributed by atoms with van der Waals surface area (Å²) < 4.78 is 1.00. The number of hydrogen-bond acceptors (Lipinski definition) is 1. The molecule has 0 aromatic heterocycles. The van der Waals surface area contributed by atoms with Crippen LogP contribution < -0.4 is 5.73 Å². The molecule has 0 unspecified atom stereocenters. The molecule has 0 aliphatic carbocycles. The normalized spacial score (nSPS) is 10.1. The molecule has 0 atom stereocenters. The van der Waals surface area contributed by atoms with Crippen molar-refractivity contribution in [2.45, 2.75) is 6.42 Å². The molecule has 1 aromatic rings. The number of rotatable bonds is 3. The molecule has 0 aliphatic rings. The quantitative estimate of drug-likeness (QED) is 0.885. The van der Waals surface area contributed by atoms with E-state index in [0.29, 0.717) is 6.54 Å². The Kier molecular flexibility index (Phi) is 3.97. The van der Waals surface area contributed by atoms with Crippen LogP contribution in [0.2, 0.25) is 5.02 Å². The summed E-state index contributed by atoms with van der Waals surface area (Å²) in [5, 5.41) is 0.724. The van der Waals surface area contributed by atoms with Crippen molar-refractivity contribution >= 4 is 33.1 Å². The molecule has 0 saturated heterocycles. The summed E-state index contributed by atoms with van der Waals surface area (Å²) >= 11 is 9.39. The maximum Gasteiger partial charge on any atom is 0.0481 e. The molecule has 0 amide bonds. The van der Waals surface area contributed by atoms with Gasteiger partial charge in [0.25, 0.3) is 0 Å². The minimum Gasteiger partial charge on any atom is -0.330 e. The smallest absolute Gasteiger partial charge is 0.0481 e. The zero-order valence-corrected chi connectivity index (χ0v) is 9.53. The number of halogens is 2. The van der Waals surface area contributed by atoms with Crippen molar-refractivity contribution in [1.82, 2.24) is 0 Å². The highest BCUT2D eigenvalue weighted by atomic mass is 79.9. The Labute approximate surface area is 91.7 Å². The van der Waals surface area contributed by atoms with Gasteiger partial charge in [-0.2, -0.15) is 0 Å². The topological polar surface area (TPSA) is 26.0 Å². The maximum atomic E-state index is 6.00. The molecule has 0 heterocycles. The van der Waals surface area contributed by atoms with Crippen LogP contribution in [-0.2, 0) is 0 Å². The van der Waals surface area contributed by atoms with E-state index in [4.69, 9.17) is 17.3 Å². The van der Waals surface area contributed by atoms with Gasteiger partial charge in [-0.05, 0) is 42.3 Å². The first kappa shape index (κ1) is 10.8. The third-order valence-electron chi connectivity index (χ3n) is 1.76. The fourth-order valence-corrected chi connectivity index (χ4v) is 1.69. The molecule has 0 aliphatic heterocycles. The van der Waals surface area contributed by atoms with Crippen LogP contribution in [-0.4, -0.2) is 6.54 Å². The Hall–Kier alpha value is -0.310. The summed E-state index contributed by atoms with van der Waals surface area (Å²) in [6.07, 6.45) is 0.774. The van der Waals surface area contributed by atoms with Crippen LogP contribution in [0, 0.1) is 0 Å². The minimum absolute atomic E-state index is 0.599. The lowest BCUT2D eigenvalue weighted by Crippen LogP contribution is -1.99. The van der Waals surface area contributed by atoms with Gasteiger partial charge in [-0.3, -0.25) is 0 Å². The lowest BCUT2D eigenvalue weighted by molar-refractivity contribution is 1.02. The minimum atomic E-state index is 0.599. The van der Waals surface area contributed by atoms with E-state index < -0.39 is 0 Å². The second-order valence-corrected chi connectivity index (χ2v) is 4.09. The monoisotopic (exact) mass is 259 g/mol. The van der Waals surface area contributed by atoms with Gasteiger partial charge in [0.05, 0.1) is 0 Å². The van der Waals surface area contributed by atoms with Crippen LogP contribution in [0.15, 0.2) is 29.3 Å². The Balaban J connectivity index is 2.99. The predicted molar refractivity (Wildman–Crippen MR) is 61.9 cm³/mol. The van der Waals surface area contributed by atoms with Gasteiger partial charge in [-0.15, -0.1) is 0 Å². The molecule has 13 heavy (non-hydrogen) atoms. The molecular formula is C10H11BrClN. The van der Waals surface area contributed by atoms with Gasteiger partial charge >= 0.3 is 0 Å². The van der Waals surface area contributed by atoms with Gasteiger partial charge in [0.2, 0.25) is 0 Å². The van der Waals surface area contributed by atoms with Crippen molar-refractivity contribution in [1.29, 1.82) is 0 Å². The van der Waals surface area contributed by atoms with Gasteiger partial charge in [0.1, 0.15) is 0 Å². The fourth-order valence-electron chi connectivity index (χ4n) is 1.08. The van der Waals surface area contributed by atoms with E-state index in [1.807, 2.05) is 18.2 Å². The molecule has 0 fully saturated rings. The Bertz CT molecular complexity index is 323. The summed E-state index contributed by atoms with van der Waals surface area (Å²) in [5.74, 6) is 0. The largest absolute Gasteiger partial charge is 0.330 e. The highest BCUT2D eigenvalue weighted by Gasteiger charge is 2.03. The molecule has 3 heteroatoms. The number of hydrogen-bond donors (Lipinski definition) is 1. The molecule has 0 radical (unpaired) electrons. The van der Waals surface area contributed by atoms with Gasteiger partial charge in [-0.1, -0.05) is 34.1 Å². The molecule has 0 spiro atoms. The van der Waals surface area contributed by atoms with E-state index >= 15 is 0 Å². The van der Waals surface area contributed by atoms with Crippen molar-refractivity contribution in [3.63, 3.8) is 0 Å². The number of benzene rings is 1. The zero-order valence-electron chi connectivity index (χ0n) is 7.19. The van der Waals surface area contributed by atoms with Crippen molar-refractivity contribution < 1.29 is 0 Å². The molecular weight excluding hydrogens is 249 g/mol. The van der Waals surface area contributed by atoms with Gasteiger partial charge in [-0.25, -0.2) is 0 Å². The molecule has 0 bridgehead atoms. The van der Waals surface area contributed by atoms with E-state index in [2.05, 4.69) is 22.5 Å². The average molecular weight is 261 g/mol. The predicted octanol–water partition coefficient (Wildman–Crippen LogP) is 3.46. The van der Waals surface area contributed by atoms with Crippen molar-refractivity contribution in [3.8, 4) is 0 Å². The maximum absolute atomic E-state index is 6.00. The summed E-state index contributed by atoms with van der Waals surface area (Å²) in [7, 11) is 0. The van der Waals surface area contributed by atoms with E-state index in [0.717, 1.165) is 27.1 Å². The van der Waals surface area contributed by atoms with Crippen LogP contribution >= 0.6 is 27.5 Å². The first-order valence-corrected chi connectivity index (χ1v) is 5.15. The SMILES string of the molecule is C=C(CCN)c1cc(Br)ccc1Cl. The first-order chi connectivity index (χ1) is 6.15. The van der Waals surface area contributed by atoms with Gasteiger partial charge < -0.3 is 5.73 Å². The lowest BCUT2D eigenvalue weighted by Gasteiger charge is -2.06. The Morgan fingerprint density at radius 1 is 1.54 bits per heavy atom. The van der Waals surface area contributed by atoms with E-state index in [1.54, 1.807) is 0 Å². The van der Waals surface area contributed by atoms with Crippen LogP contribution in [0.5, 0.6) is 0 Å². The average Bonchev–Trinajstić information content (AvgIpc) is 2.09. The molecule has 1 rings (SSSR count). The third kappa shape index (κ3) is 2.83. The summed E-state index contributed by atoms with van der Waals surface area (Å²) in [6.45, 7) is 4.53. The second-order valence-electron chi connectivity index (χ2n) is 2.77. The zero-order chi connectivity index (χ0) is 9.84. The van der Waals surface area contributed by atoms with Crippen LogP contribution in [0.3, 0.4) is 0 Å². The van der Waals surface area contributed by atoms with Crippen LogP contribution in [0.25, 0.3) is 5.57 Å². The summed E-state index contributed by atoms with van der Waals surface area (Å²) in [5.41, 5.74) is 7.39. The lowest BCUT2D eigenvalue weighted by atomic mass is 10.1. The molecule has 1 nitrogen and oxygen atoms in total. The highest BCUT2D eigenvalue weighted by Crippen LogP contribution is 2.27. The molecule has 0 saturated carbocycles. The van der Waals surface area contributed by atoms with E-state index in [1.165, 1.54) is 0 Å². The Morgan fingerprint density at radius 3 is 2.85 bits per heavy atom. The first-order valence-electron chi connectivity index (χ1n) is 3.98. The van der Waals surface area contributed by atoms with Crippen LogP contribution in [0.1, 0.15) is 12.0 Å². The molecule has 2 N–H and O–H groups in total. The van der Waals surface area contributed by atoms with Gasteiger partial charge in [0.15, 0.2) is 0 Å². The van der Waals surface area contributed by atoms with E-state index in [-0.39, 0.29) is 0 Å². The van der Waals surface area contributed by atoms with Crippen LogP contribution in [0.4, 0.5) is 0 Å². The number of nitrogens with two attached hydrogens (primary N) is 1. The van der Waals surface area contributed by atoms with Crippen molar-refractivity contribution in [2.24, 2.45) is 5.73 Å². The molecule has 1 aromatic carbocycles. The highest BCUT2D eigenvalue weighted by molar-refractivity contribution is 9.10. The summed E-state index contributed by atoms with van der Waals surface area (Å²) in [4.78, 5) is 0. The van der Waals surface area contributed by atoms with Crippen molar-refractivity contribution in [2.75, 3.05) is 6.54 Å². The second kappa shape index (κ2) is 4.80. The van der Waals surface area contributed by atoms with Gasteiger partial charge in [0, 0.05) is 9.50 Å². The standard InChI is InChI=1S/C10H11BrClN/c1-7(4-5-13)9-6-8(11)2-3-10(9)12/h2-3,6H,1,4-5,13H2. The Morgan fingerprint density at radius 2 is 2.23 bits per heavy atom. The third-order valence-corrected chi connectivity index (χ3v) is 2.58.